The Morgan fingerprint density at radius 2 is 1.85 bits per heavy atom. The molecule has 204 valence electrons. The summed E-state index contributed by atoms with van der Waals surface area (Å²) in [6, 6.07) is 14.4. The SMILES string of the molecule is CC(C)(C)S(=O)NC1CN(c2ncc(Sc3cccc(N)c3Cl)c3nccn23)CCC12Cc1ccccc1C2. The van der Waals surface area contributed by atoms with Crippen molar-refractivity contribution >= 4 is 51.6 Å². The van der Waals surface area contributed by atoms with Gasteiger partial charge in [0.15, 0.2) is 5.65 Å². The molecule has 2 aromatic heterocycles. The number of hydrogen-bond acceptors (Lipinski definition) is 6. The topological polar surface area (TPSA) is 88.5 Å². The molecule has 0 saturated carbocycles. The van der Waals surface area contributed by atoms with Gasteiger partial charge in [-0.25, -0.2) is 18.9 Å². The third-order valence-corrected chi connectivity index (χ3v) is 11.1. The number of nitrogens with zero attached hydrogens (tertiary/aromatic N) is 4. The van der Waals surface area contributed by atoms with Gasteiger partial charge in [0, 0.05) is 42.6 Å². The van der Waals surface area contributed by atoms with E-state index < -0.39 is 11.0 Å². The molecule has 0 amide bonds. The molecule has 7 nitrogen and oxygen atoms in total. The molecule has 1 aliphatic carbocycles. The Balaban J connectivity index is 1.32. The van der Waals surface area contributed by atoms with Gasteiger partial charge < -0.3 is 10.6 Å². The van der Waals surface area contributed by atoms with E-state index in [1.165, 1.54) is 22.9 Å². The van der Waals surface area contributed by atoms with Crippen LogP contribution in [0.5, 0.6) is 0 Å². The van der Waals surface area contributed by atoms with E-state index in [0.717, 1.165) is 47.2 Å². The lowest BCUT2D eigenvalue weighted by Gasteiger charge is -2.47. The van der Waals surface area contributed by atoms with E-state index in [4.69, 9.17) is 22.3 Å². The van der Waals surface area contributed by atoms with Crippen LogP contribution < -0.4 is 15.4 Å². The van der Waals surface area contributed by atoms with E-state index in [1.807, 2.05) is 49.7 Å². The van der Waals surface area contributed by atoms with Gasteiger partial charge in [0.25, 0.3) is 0 Å². The number of halogens is 1. The van der Waals surface area contributed by atoms with E-state index in [0.29, 0.717) is 17.3 Å². The van der Waals surface area contributed by atoms with Crippen LogP contribution in [0.1, 0.15) is 38.3 Å². The van der Waals surface area contributed by atoms with Crippen LogP contribution in [0.3, 0.4) is 0 Å². The number of imidazole rings is 1. The second-order valence-electron chi connectivity index (χ2n) is 11.5. The Hall–Kier alpha value is -2.59. The zero-order valence-electron chi connectivity index (χ0n) is 22.4. The zero-order valence-corrected chi connectivity index (χ0v) is 24.7. The normalized spacial score (nSPS) is 19.5. The molecule has 1 spiro atoms. The maximum absolute atomic E-state index is 13.4. The van der Waals surface area contributed by atoms with Crippen LogP contribution >= 0.6 is 23.4 Å². The maximum Gasteiger partial charge on any atom is 0.211 e. The maximum atomic E-state index is 13.4. The minimum atomic E-state index is -1.19. The fourth-order valence-electron chi connectivity index (χ4n) is 5.75. The van der Waals surface area contributed by atoms with E-state index in [-0.39, 0.29) is 16.2 Å². The first-order chi connectivity index (χ1) is 18.6. The molecule has 2 atom stereocenters. The van der Waals surface area contributed by atoms with Crippen molar-refractivity contribution in [2.45, 2.75) is 60.6 Å². The standard InChI is InChI=1S/C29H33ClN6OS2/c1-28(2,3)39(37)34-24-18-35(13-11-29(24)15-19-7-4-5-8-20(19)16-29)27-33-17-23(26-32-12-14-36(26)27)38-22-10-6-9-21(31)25(22)30/h4-10,12,14,17,24,34H,11,13,15-16,18,31H2,1-3H3. The van der Waals surface area contributed by atoms with Gasteiger partial charge in [0.2, 0.25) is 5.95 Å². The third-order valence-electron chi connectivity index (χ3n) is 7.90. The monoisotopic (exact) mass is 580 g/mol. The first kappa shape index (κ1) is 26.6. The van der Waals surface area contributed by atoms with Gasteiger partial charge in [-0.3, -0.25) is 4.40 Å². The predicted molar refractivity (Wildman–Crippen MR) is 161 cm³/mol. The van der Waals surface area contributed by atoms with Crippen molar-refractivity contribution in [3.8, 4) is 0 Å². The Morgan fingerprint density at radius 3 is 2.56 bits per heavy atom. The van der Waals surface area contributed by atoms with Crippen LogP contribution in [-0.2, 0) is 23.8 Å². The fourth-order valence-corrected chi connectivity index (χ4v) is 7.87. The average molecular weight is 581 g/mol. The average Bonchev–Trinajstić information content (AvgIpc) is 3.53. The molecule has 4 aromatic rings. The van der Waals surface area contributed by atoms with Crippen LogP contribution in [0, 0.1) is 5.41 Å². The number of rotatable bonds is 5. The second-order valence-corrected chi connectivity index (χ2v) is 15.0. The molecular formula is C29H33ClN6OS2. The lowest BCUT2D eigenvalue weighted by Crippen LogP contribution is -2.60. The van der Waals surface area contributed by atoms with Gasteiger partial charge in [0.05, 0.1) is 31.3 Å². The molecule has 10 heteroatoms. The molecule has 3 heterocycles. The molecule has 6 rings (SSSR count). The number of anilines is 2. The number of benzene rings is 2. The summed E-state index contributed by atoms with van der Waals surface area (Å²) in [6.07, 6.45) is 8.60. The minimum Gasteiger partial charge on any atom is -0.397 e. The number of nitrogen functional groups attached to an aromatic ring is 1. The predicted octanol–water partition coefficient (Wildman–Crippen LogP) is 5.53. The van der Waals surface area contributed by atoms with Crippen molar-refractivity contribution in [2.75, 3.05) is 23.7 Å². The number of aromatic nitrogens is 3. The van der Waals surface area contributed by atoms with Gasteiger partial charge in [-0.1, -0.05) is 53.7 Å². The molecular weight excluding hydrogens is 548 g/mol. The van der Waals surface area contributed by atoms with E-state index >= 15 is 0 Å². The molecule has 2 unspecified atom stereocenters. The number of fused-ring (bicyclic) bond motifs is 2. The molecule has 1 saturated heterocycles. The molecule has 1 aliphatic heterocycles. The summed E-state index contributed by atoms with van der Waals surface area (Å²) in [5, 5.41) is 0.538. The molecule has 2 aliphatic rings. The van der Waals surface area contributed by atoms with Crippen molar-refractivity contribution in [3.63, 3.8) is 0 Å². The summed E-state index contributed by atoms with van der Waals surface area (Å²) in [5.74, 6) is 0.837. The van der Waals surface area contributed by atoms with Crippen LogP contribution in [-0.4, -0.2) is 42.5 Å². The molecule has 0 radical (unpaired) electrons. The van der Waals surface area contributed by atoms with Crippen molar-refractivity contribution in [1.82, 2.24) is 19.1 Å². The highest BCUT2D eigenvalue weighted by Crippen LogP contribution is 2.46. The molecule has 2 aromatic carbocycles. The summed E-state index contributed by atoms with van der Waals surface area (Å²) in [6.45, 7) is 7.64. The zero-order chi connectivity index (χ0) is 27.4. The van der Waals surface area contributed by atoms with Gasteiger partial charge >= 0.3 is 0 Å². The van der Waals surface area contributed by atoms with E-state index in [2.05, 4.69) is 38.9 Å². The summed E-state index contributed by atoms with van der Waals surface area (Å²) in [5.41, 5.74) is 10.2. The quantitative estimate of drug-likeness (QED) is 0.302. The summed E-state index contributed by atoms with van der Waals surface area (Å²) in [7, 11) is -1.19. The van der Waals surface area contributed by atoms with Gasteiger partial charge in [-0.05, 0) is 68.7 Å². The number of hydrogen-bond donors (Lipinski definition) is 2. The summed E-state index contributed by atoms with van der Waals surface area (Å²) >= 11 is 7.98. The van der Waals surface area contributed by atoms with Crippen LogP contribution in [0.2, 0.25) is 5.02 Å². The first-order valence-corrected chi connectivity index (χ1v) is 15.5. The molecule has 0 bridgehead atoms. The van der Waals surface area contributed by atoms with Gasteiger partial charge in [0.1, 0.15) is 0 Å². The first-order valence-electron chi connectivity index (χ1n) is 13.2. The van der Waals surface area contributed by atoms with Crippen LogP contribution in [0.25, 0.3) is 5.65 Å². The summed E-state index contributed by atoms with van der Waals surface area (Å²) in [4.78, 5) is 13.7. The highest BCUT2D eigenvalue weighted by Gasteiger charge is 2.48. The highest BCUT2D eigenvalue weighted by molar-refractivity contribution is 7.99. The highest BCUT2D eigenvalue weighted by atomic mass is 35.5. The van der Waals surface area contributed by atoms with Crippen molar-refractivity contribution in [3.05, 3.63) is 77.2 Å². The fraction of sp³-hybridized carbons (Fsp3) is 0.379. The van der Waals surface area contributed by atoms with Gasteiger partial charge in [-0.15, -0.1) is 0 Å². The Morgan fingerprint density at radius 1 is 1.10 bits per heavy atom. The molecule has 39 heavy (non-hydrogen) atoms. The number of nitrogens with two attached hydrogens (primary N) is 1. The Bertz CT molecular complexity index is 1540. The lowest BCUT2D eigenvalue weighted by molar-refractivity contribution is 0.181. The minimum absolute atomic E-state index is 0.0228. The van der Waals surface area contributed by atoms with Crippen LogP contribution in [0.4, 0.5) is 11.6 Å². The number of nitrogens with one attached hydrogen (secondary N) is 1. The Labute approximate surface area is 241 Å². The largest absolute Gasteiger partial charge is 0.397 e. The lowest BCUT2D eigenvalue weighted by atomic mass is 9.72. The van der Waals surface area contributed by atoms with E-state index in [1.54, 1.807) is 12.3 Å². The van der Waals surface area contributed by atoms with Gasteiger partial charge in [-0.2, -0.15) is 0 Å². The van der Waals surface area contributed by atoms with Crippen molar-refractivity contribution in [2.24, 2.45) is 5.41 Å². The molecule has 3 N–H and O–H groups in total. The second kappa shape index (κ2) is 10.1. The smallest absolute Gasteiger partial charge is 0.211 e. The third kappa shape index (κ3) is 4.94. The number of piperidine rings is 1. The molecule has 1 fully saturated rings. The van der Waals surface area contributed by atoms with E-state index in [9.17, 15) is 4.21 Å². The Kier molecular flexibility index (Phi) is 6.90. The van der Waals surface area contributed by atoms with Crippen molar-refractivity contribution < 1.29 is 4.21 Å². The van der Waals surface area contributed by atoms with Crippen LogP contribution in [0.15, 0.2) is 70.8 Å². The summed E-state index contributed by atoms with van der Waals surface area (Å²) < 4.78 is 18.6. The van der Waals surface area contributed by atoms with Crippen molar-refractivity contribution in [1.29, 1.82) is 0 Å².